The van der Waals surface area contributed by atoms with Crippen LogP contribution in [-0.2, 0) is 12.8 Å². The summed E-state index contributed by atoms with van der Waals surface area (Å²) in [7, 11) is 0. The Kier molecular flexibility index (Phi) is 6.09. The fourth-order valence-electron chi connectivity index (χ4n) is 3.04. The molecule has 0 aliphatic heterocycles. The minimum atomic E-state index is -0.302. The van der Waals surface area contributed by atoms with Crippen molar-refractivity contribution in [1.29, 1.82) is 5.26 Å². The summed E-state index contributed by atoms with van der Waals surface area (Å²) in [4.78, 5) is 13.6. The van der Waals surface area contributed by atoms with Crippen LogP contribution in [-0.4, -0.2) is 17.1 Å². The lowest BCUT2D eigenvalue weighted by atomic mass is 9.96. The van der Waals surface area contributed by atoms with Gasteiger partial charge in [0.1, 0.15) is 16.8 Å². The minimum Gasteiger partial charge on any atom is -0.491 e. The Bertz CT molecular complexity index is 895. The zero-order valence-corrected chi connectivity index (χ0v) is 16.9. The van der Waals surface area contributed by atoms with Gasteiger partial charge in [-0.05, 0) is 81.6 Å². The maximum absolute atomic E-state index is 12.4. The lowest BCUT2D eigenvalue weighted by Gasteiger charge is -2.11. The molecule has 1 aliphatic rings. The van der Waals surface area contributed by atoms with Crippen LogP contribution in [0.4, 0.5) is 5.00 Å². The molecule has 0 atom stereocenters. The van der Waals surface area contributed by atoms with Crippen molar-refractivity contribution in [3.8, 4) is 11.8 Å². The summed E-state index contributed by atoms with van der Waals surface area (Å²) in [6.45, 7) is 3.89. The molecule has 1 amide bonds. The predicted octanol–water partition coefficient (Wildman–Crippen LogP) is 4.41. The highest BCUT2D eigenvalue weighted by atomic mass is 32.1. The van der Waals surface area contributed by atoms with Crippen LogP contribution in [0.2, 0.25) is 0 Å². The number of thiocarbonyl (C=S) groups is 1. The number of fused-ring (bicyclic) bond motifs is 1. The van der Waals surface area contributed by atoms with Crippen LogP contribution in [0.5, 0.6) is 5.75 Å². The normalized spacial score (nSPS) is 12.8. The highest BCUT2D eigenvalue weighted by Crippen LogP contribution is 2.37. The van der Waals surface area contributed by atoms with Gasteiger partial charge in [-0.2, -0.15) is 5.26 Å². The third kappa shape index (κ3) is 4.65. The van der Waals surface area contributed by atoms with Crippen LogP contribution in [0.1, 0.15) is 53.1 Å². The number of rotatable bonds is 4. The van der Waals surface area contributed by atoms with Crippen molar-refractivity contribution in [1.82, 2.24) is 5.32 Å². The van der Waals surface area contributed by atoms with Crippen molar-refractivity contribution in [2.45, 2.75) is 45.6 Å². The monoisotopic (exact) mass is 399 g/mol. The molecule has 1 aliphatic carbocycles. The number of benzene rings is 1. The summed E-state index contributed by atoms with van der Waals surface area (Å²) in [6, 6.07) is 9.18. The quantitative estimate of drug-likeness (QED) is 0.745. The molecule has 0 bridgehead atoms. The Morgan fingerprint density at radius 1 is 1.26 bits per heavy atom. The number of thiophene rings is 1. The van der Waals surface area contributed by atoms with Gasteiger partial charge in [-0.3, -0.25) is 10.1 Å². The van der Waals surface area contributed by atoms with Crippen molar-refractivity contribution < 1.29 is 9.53 Å². The molecule has 1 aromatic carbocycles. The van der Waals surface area contributed by atoms with E-state index in [0.29, 0.717) is 16.9 Å². The molecular formula is C20H21N3O2S2. The average molecular weight is 400 g/mol. The van der Waals surface area contributed by atoms with E-state index < -0.39 is 0 Å². The van der Waals surface area contributed by atoms with E-state index >= 15 is 0 Å². The fourth-order valence-corrected chi connectivity index (χ4v) is 4.54. The van der Waals surface area contributed by atoms with Crippen molar-refractivity contribution in [3.05, 3.63) is 45.8 Å². The van der Waals surface area contributed by atoms with Gasteiger partial charge >= 0.3 is 0 Å². The van der Waals surface area contributed by atoms with Gasteiger partial charge in [-0.25, -0.2) is 0 Å². The molecule has 140 valence electrons. The zero-order valence-electron chi connectivity index (χ0n) is 15.3. The molecule has 2 aromatic rings. The van der Waals surface area contributed by atoms with E-state index in [0.717, 1.165) is 36.2 Å². The van der Waals surface area contributed by atoms with Gasteiger partial charge in [0.15, 0.2) is 5.11 Å². The first-order chi connectivity index (χ1) is 13.0. The average Bonchev–Trinajstić information content (AvgIpc) is 2.98. The first-order valence-electron chi connectivity index (χ1n) is 8.91. The molecular weight excluding hydrogens is 378 g/mol. The summed E-state index contributed by atoms with van der Waals surface area (Å²) < 4.78 is 5.58. The molecule has 3 rings (SSSR count). The number of ether oxygens (including phenoxy) is 1. The molecule has 1 aromatic heterocycles. The summed E-state index contributed by atoms with van der Waals surface area (Å²) in [5.41, 5.74) is 2.27. The first kappa shape index (κ1) is 19.3. The van der Waals surface area contributed by atoms with Gasteiger partial charge in [0.25, 0.3) is 5.91 Å². The van der Waals surface area contributed by atoms with E-state index in [1.807, 2.05) is 13.8 Å². The summed E-state index contributed by atoms with van der Waals surface area (Å²) in [5, 5.41) is 16.1. The summed E-state index contributed by atoms with van der Waals surface area (Å²) >= 11 is 6.83. The summed E-state index contributed by atoms with van der Waals surface area (Å²) in [5.74, 6) is 0.411. The Balaban J connectivity index is 1.65. The van der Waals surface area contributed by atoms with E-state index in [9.17, 15) is 10.1 Å². The van der Waals surface area contributed by atoms with Crippen LogP contribution in [0.3, 0.4) is 0 Å². The van der Waals surface area contributed by atoms with Crippen LogP contribution in [0, 0.1) is 11.3 Å². The highest BCUT2D eigenvalue weighted by Gasteiger charge is 2.21. The topological polar surface area (TPSA) is 74.2 Å². The van der Waals surface area contributed by atoms with Gasteiger partial charge in [0.05, 0.1) is 11.7 Å². The van der Waals surface area contributed by atoms with Crippen LogP contribution in [0.25, 0.3) is 0 Å². The number of aryl methyl sites for hydroxylation is 1. The molecule has 0 saturated carbocycles. The minimum absolute atomic E-state index is 0.0763. The fraction of sp³-hybridized carbons (Fsp3) is 0.350. The van der Waals surface area contributed by atoms with Crippen LogP contribution >= 0.6 is 23.6 Å². The van der Waals surface area contributed by atoms with Crippen molar-refractivity contribution in [2.75, 3.05) is 5.32 Å². The third-order valence-corrected chi connectivity index (χ3v) is 5.64. The number of carbonyl (C=O) groups excluding carboxylic acids is 1. The maximum atomic E-state index is 12.4. The lowest BCUT2D eigenvalue weighted by Crippen LogP contribution is -2.34. The molecule has 1 heterocycles. The molecule has 0 radical (unpaired) electrons. The van der Waals surface area contributed by atoms with Gasteiger partial charge in [0, 0.05) is 10.4 Å². The van der Waals surface area contributed by atoms with E-state index in [4.69, 9.17) is 17.0 Å². The number of hydrogen-bond donors (Lipinski definition) is 2. The molecule has 7 heteroatoms. The van der Waals surface area contributed by atoms with Gasteiger partial charge in [0.2, 0.25) is 0 Å². The molecule has 0 fully saturated rings. The molecule has 0 saturated heterocycles. The Morgan fingerprint density at radius 2 is 1.96 bits per heavy atom. The van der Waals surface area contributed by atoms with Crippen molar-refractivity contribution in [3.63, 3.8) is 0 Å². The number of nitrogens with zero attached hydrogens (tertiary/aromatic N) is 1. The smallest absolute Gasteiger partial charge is 0.257 e. The number of nitrogens with one attached hydrogen (secondary N) is 2. The van der Waals surface area contributed by atoms with Crippen LogP contribution < -0.4 is 15.4 Å². The van der Waals surface area contributed by atoms with Crippen LogP contribution in [0.15, 0.2) is 24.3 Å². The molecule has 5 nitrogen and oxygen atoms in total. The second-order valence-corrected chi connectivity index (χ2v) is 8.14. The SMILES string of the molecule is CC(C)Oc1ccc(C(=O)NC(=S)Nc2sc3c(c2C#N)CCCC3)cc1. The number of nitriles is 1. The lowest BCUT2D eigenvalue weighted by molar-refractivity contribution is 0.0977. The molecule has 0 unspecified atom stereocenters. The number of hydrogen-bond acceptors (Lipinski definition) is 5. The third-order valence-electron chi connectivity index (χ3n) is 4.23. The van der Waals surface area contributed by atoms with Gasteiger partial charge in [-0.15, -0.1) is 11.3 Å². The molecule has 0 spiro atoms. The Labute approximate surface area is 168 Å². The predicted molar refractivity (Wildman–Crippen MR) is 112 cm³/mol. The van der Waals surface area contributed by atoms with Gasteiger partial charge < -0.3 is 10.1 Å². The summed E-state index contributed by atoms with van der Waals surface area (Å²) in [6.07, 6.45) is 4.26. The second kappa shape index (κ2) is 8.51. The van der Waals surface area contributed by atoms with Crippen molar-refractivity contribution >= 4 is 39.6 Å². The number of carbonyl (C=O) groups is 1. The molecule has 2 N–H and O–H groups in total. The first-order valence-corrected chi connectivity index (χ1v) is 10.1. The van der Waals surface area contributed by atoms with E-state index in [-0.39, 0.29) is 17.1 Å². The second-order valence-electron chi connectivity index (χ2n) is 6.63. The molecule has 27 heavy (non-hydrogen) atoms. The number of anilines is 1. The number of amides is 1. The Hall–Kier alpha value is -2.43. The Morgan fingerprint density at radius 3 is 2.63 bits per heavy atom. The highest BCUT2D eigenvalue weighted by molar-refractivity contribution is 7.80. The van der Waals surface area contributed by atoms with E-state index in [1.54, 1.807) is 35.6 Å². The van der Waals surface area contributed by atoms with Crippen molar-refractivity contribution in [2.24, 2.45) is 0 Å². The zero-order chi connectivity index (χ0) is 19.4. The van der Waals surface area contributed by atoms with E-state index in [2.05, 4.69) is 16.7 Å². The van der Waals surface area contributed by atoms with Gasteiger partial charge in [-0.1, -0.05) is 0 Å². The largest absolute Gasteiger partial charge is 0.491 e. The van der Waals surface area contributed by atoms with E-state index in [1.165, 1.54) is 4.88 Å². The standard InChI is InChI=1S/C20H21N3O2S2/c1-12(2)25-14-9-7-13(8-10-14)18(24)22-20(26)23-19-16(11-21)15-5-3-4-6-17(15)27-19/h7-10,12H,3-6H2,1-2H3,(H2,22,23,24,26). The maximum Gasteiger partial charge on any atom is 0.257 e.